The van der Waals surface area contributed by atoms with E-state index in [1.807, 2.05) is 44.2 Å². The molecule has 6 heteroatoms. The molecule has 0 spiro atoms. The summed E-state index contributed by atoms with van der Waals surface area (Å²) in [5, 5.41) is 10.2. The zero-order valence-electron chi connectivity index (χ0n) is 15.3. The van der Waals surface area contributed by atoms with Gasteiger partial charge in [0.25, 0.3) is 5.56 Å². The van der Waals surface area contributed by atoms with Gasteiger partial charge < -0.3 is 14.0 Å². The van der Waals surface area contributed by atoms with Crippen LogP contribution in [0.2, 0.25) is 5.02 Å². The first kappa shape index (κ1) is 18.8. The van der Waals surface area contributed by atoms with Gasteiger partial charge in [-0.2, -0.15) is 5.26 Å². The Morgan fingerprint density at radius 3 is 2.41 bits per heavy atom. The molecule has 1 aromatic heterocycles. The third-order valence-electron chi connectivity index (χ3n) is 4.16. The van der Waals surface area contributed by atoms with Gasteiger partial charge in [0, 0.05) is 11.5 Å². The van der Waals surface area contributed by atoms with Crippen LogP contribution in [0.25, 0.3) is 10.9 Å². The number of rotatable bonds is 5. The van der Waals surface area contributed by atoms with Crippen molar-refractivity contribution in [3.63, 3.8) is 0 Å². The van der Waals surface area contributed by atoms with E-state index in [0.717, 1.165) is 11.3 Å². The summed E-state index contributed by atoms with van der Waals surface area (Å²) in [5.74, 6) is 1.37. The van der Waals surface area contributed by atoms with Gasteiger partial charge in [0.2, 0.25) is 0 Å². The Morgan fingerprint density at radius 2 is 1.81 bits per heavy atom. The molecule has 0 fully saturated rings. The number of aromatic nitrogens is 1. The first-order valence-electron chi connectivity index (χ1n) is 8.50. The Morgan fingerprint density at radius 1 is 1.15 bits per heavy atom. The lowest BCUT2D eigenvalue weighted by molar-refractivity contribution is 0.242. The average molecular weight is 383 g/mol. The van der Waals surface area contributed by atoms with E-state index >= 15 is 0 Å². The molecule has 3 aromatic rings. The molecule has 0 saturated carbocycles. The first-order valence-corrected chi connectivity index (χ1v) is 8.88. The second kappa shape index (κ2) is 7.73. The van der Waals surface area contributed by atoms with Crippen LogP contribution in [-0.2, 0) is 6.54 Å². The number of pyridine rings is 1. The summed E-state index contributed by atoms with van der Waals surface area (Å²) in [6.45, 7) is 4.16. The minimum absolute atomic E-state index is 0.00179. The standard InChI is InChI=1S/C21H19ClN2O3/c1-13(2)27-16-8-9-17-19(10-16)24(21(25)18(11-23)20(17)22)12-14-4-6-15(26-3)7-5-14/h4-10,13H,12H2,1-3H3. The van der Waals surface area contributed by atoms with Crippen molar-refractivity contribution >= 4 is 22.5 Å². The van der Waals surface area contributed by atoms with Crippen LogP contribution in [-0.4, -0.2) is 17.8 Å². The molecule has 0 amide bonds. The van der Waals surface area contributed by atoms with E-state index in [1.54, 1.807) is 29.9 Å². The molecule has 0 aliphatic carbocycles. The van der Waals surface area contributed by atoms with E-state index in [4.69, 9.17) is 21.1 Å². The number of methoxy groups -OCH3 is 1. The number of hydrogen-bond donors (Lipinski definition) is 0. The summed E-state index contributed by atoms with van der Waals surface area (Å²) in [7, 11) is 1.60. The number of ether oxygens (including phenoxy) is 2. The quantitative estimate of drug-likeness (QED) is 0.657. The zero-order valence-corrected chi connectivity index (χ0v) is 16.1. The van der Waals surface area contributed by atoms with Crippen molar-refractivity contribution in [2.75, 3.05) is 7.11 Å². The summed E-state index contributed by atoms with van der Waals surface area (Å²) >= 11 is 6.33. The third kappa shape index (κ3) is 3.76. The molecule has 0 atom stereocenters. The number of fused-ring (bicyclic) bond motifs is 1. The van der Waals surface area contributed by atoms with Gasteiger partial charge in [-0.05, 0) is 43.7 Å². The fourth-order valence-electron chi connectivity index (χ4n) is 2.91. The summed E-state index contributed by atoms with van der Waals surface area (Å²) in [5.41, 5.74) is 1.04. The smallest absolute Gasteiger partial charge is 0.270 e. The number of halogens is 1. The molecule has 0 N–H and O–H groups in total. The van der Waals surface area contributed by atoms with E-state index in [2.05, 4.69) is 0 Å². The Bertz CT molecular complexity index is 1080. The van der Waals surface area contributed by atoms with E-state index in [1.165, 1.54) is 0 Å². The Balaban J connectivity index is 2.20. The molecule has 0 aliphatic rings. The van der Waals surface area contributed by atoms with Crippen LogP contribution >= 0.6 is 11.6 Å². The van der Waals surface area contributed by atoms with Gasteiger partial charge in [-0.15, -0.1) is 0 Å². The van der Waals surface area contributed by atoms with E-state index in [0.29, 0.717) is 23.2 Å². The minimum Gasteiger partial charge on any atom is -0.497 e. The SMILES string of the molecule is COc1ccc(Cn2c(=O)c(C#N)c(Cl)c3ccc(OC(C)C)cc32)cc1. The van der Waals surface area contributed by atoms with Crippen LogP contribution in [0, 0.1) is 11.3 Å². The summed E-state index contributed by atoms with van der Waals surface area (Å²) < 4.78 is 12.5. The monoisotopic (exact) mass is 382 g/mol. The van der Waals surface area contributed by atoms with Crippen LogP contribution in [0.4, 0.5) is 0 Å². The van der Waals surface area contributed by atoms with Gasteiger partial charge in [-0.1, -0.05) is 23.7 Å². The van der Waals surface area contributed by atoms with Crippen molar-refractivity contribution in [2.45, 2.75) is 26.5 Å². The summed E-state index contributed by atoms with van der Waals surface area (Å²) in [4.78, 5) is 12.9. The second-order valence-corrected chi connectivity index (χ2v) is 6.76. The lowest BCUT2D eigenvalue weighted by Gasteiger charge is -2.16. The highest BCUT2D eigenvalue weighted by molar-refractivity contribution is 6.36. The van der Waals surface area contributed by atoms with Crippen LogP contribution in [0.3, 0.4) is 0 Å². The molecular weight excluding hydrogens is 364 g/mol. The maximum Gasteiger partial charge on any atom is 0.270 e. The molecule has 138 valence electrons. The molecule has 2 aromatic carbocycles. The highest BCUT2D eigenvalue weighted by Crippen LogP contribution is 2.29. The molecule has 5 nitrogen and oxygen atoms in total. The van der Waals surface area contributed by atoms with Crippen molar-refractivity contribution in [3.8, 4) is 17.6 Å². The Labute approximate surface area is 162 Å². The van der Waals surface area contributed by atoms with Crippen molar-refractivity contribution < 1.29 is 9.47 Å². The second-order valence-electron chi connectivity index (χ2n) is 6.39. The number of hydrogen-bond acceptors (Lipinski definition) is 4. The predicted molar refractivity (Wildman–Crippen MR) is 106 cm³/mol. The molecule has 0 saturated heterocycles. The lowest BCUT2D eigenvalue weighted by atomic mass is 10.1. The maximum atomic E-state index is 12.9. The van der Waals surface area contributed by atoms with Crippen LogP contribution in [0.15, 0.2) is 47.3 Å². The topological polar surface area (TPSA) is 64.2 Å². The fourth-order valence-corrected chi connectivity index (χ4v) is 3.19. The normalized spacial score (nSPS) is 10.8. The molecule has 1 heterocycles. The van der Waals surface area contributed by atoms with Crippen LogP contribution in [0.1, 0.15) is 25.0 Å². The molecule has 0 radical (unpaired) electrons. The number of nitriles is 1. The van der Waals surface area contributed by atoms with Crippen LogP contribution in [0.5, 0.6) is 11.5 Å². The molecular formula is C21H19ClN2O3. The number of benzene rings is 2. The summed E-state index contributed by atoms with van der Waals surface area (Å²) in [6.07, 6.45) is -0.00179. The van der Waals surface area contributed by atoms with Crippen molar-refractivity contribution in [1.29, 1.82) is 5.26 Å². The van der Waals surface area contributed by atoms with E-state index in [9.17, 15) is 10.1 Å². The number of nitrogens with zero attached hydrogens (tertiary/aromatic N) is 2. The molecule has 0 aliphatic heterocycles. The minimum atomic E-state index is -0.424. The summed E-state index contributed by atoms with van der Waals surface area (Å²) in [6, 6.07) is 14.7. The lowest BCUT2D eigenvalue weighted by Crippen LogP contribution is -2.24. The van der Waals surface area contributed by atoms with Crippen molar-refractivity contribution in [1.82, 2.24) is 4.57 Å². The predicted octanol–water partition coefficient (Wildman–Crippen LogP) is 4.37. The van der Waals surface area contributed by atoms with Gasteiger partial charge in [0.1, 0.15) is 23.1 Å². The van der Waals surface area contributed by atoms with Gasteiger partial charge in [0.05, 0.1) is 30.3 Å². The zero-order chi connectivity index (χ0) is 19.6. The van der Waals surface area contributed by atoms with E-state index in [-0.39, 0.29) is 16.7 Å². The fraction of sp³-hybridized carbons (Fsp3) is 0.238. The molecule has 0 unspecified atom stereocenters. The Kier molecular flexibility index (Phi) is 5.38. The van der Waals surface area contributed by atoms with Gasteiger partial charge in [0.15, 0.2) is 0 Å². The molecule has 3 rings (SSSR count). The highest BCUT2D eigenvalue weighted by atomic mass is 35.5. The van der Waals surface area contributed by atoms with Crippen molar-refractivity contribution in [2.24, 2.45) is 0 Å². The van der Waals surface area contributed by atoms with Gasteiger partial charge in [-0.25, -0.2) is 0 Å². The molecule has 27 heavy (non-hydrogen) atoms. The highest BCUT2D eigenvalue weighted by Gasteiger charge is 2.16. The van der Waals surface area contributed by atoms with Gasteiger partial charge in [-0.3, -0.25) is 4.79 Å². The molecule has 0 bridgehead atoms. The Hall–Kier alpha value is -2.97. The maximum absolute atomic E-state index is 12.9. The van der Waals surface area contributed by atoms with Crippen molar-refractivity contribution in [3.05, 3.63) is 69.0 Å². The third-order valence-corrected chi connectivity index (χ3v) is 4.55. The largest absolute Gasteiger partial charge is 0.497 e. The van der Waals surface area contributed by atoms with Gasteiger partial charge >= 0.3 is 0 Å². The first-order chi connectivity index (χ1) is 12.9. The average Bonchev–Trinajstić information content (AvgIpc) is 2.65. The van der Waals surface area contributed by atoms with Crippen LogP contribution < -0.4 is 15.0 Å². The van der Waals surface area contributed by atoms with E-state index < -0.39 is 5.56 Å².